The van der Waals surface area contributed by atoms with Crippen LogP contribution in [0.4, 0.5) is 0 Å². The second-order valence-electron chi connectivity index (χ2n) is 3.47. The molecule has 6 heteroatoms. The molecule has 0 radical (unpaired) electrons. The maximum atomic E-state index is 5.36. The van der Waals surface area contributed by atoms with Crippen LogP contribution >= 0.6 is 27.7 Å². The van der Waals surface area contributed by atoms with E-state index in [0.29, 0.717) is 11.1 Å². The summed E-state index contributed by atoms with van der Waals surface area (Å²) in [5.74, 6) is 0.583. The van der Waals surface area contributed by atoms with Crippen LogP contribution in [-0.4, -0.2) is 17.2 Å². The first-order valence-electron chi connectivity index (χ1n) is 5.10. The highest BCUT2D eigenvalue weighted by Crippen LogP contribution is 2.31. The van der Waals surface area contributed by atoms with Gasteiger partial charge in [0.05, 0.1) is 0 Å². The Hall–Kier alpha value is -0.850. The van der Waals surface area contributed by atoms with Crippen LogP contribution in [0.5, 0.6) is 0 Å². The molecule has 0 atom stereocenters. The van der Waals surface area contributed by atoms with Crippen LogP contribution < -0.4 is 5.32 Å². The molecule has 1 aromatic carbocycles. The third-order valence-corrected chi connectivity index (χ3v) is 3.55. The third kappa shape index (κ3) is 3.31. The number of rotatable bonds is 4. The Morgan fingerprint density at radius 1 is 1.41 bits per heavy atom. The first kappa shape index (κ1) is 12.6. The molecule has 0 aliphatic rings. The van der Waals surface area contributed by atoms with E-state index in [0.717, 1.165) is 15.9 Å². The number of benzene rings is 1. The maximum absolute atomic E-state index is 5.36. The van der Waals surface area contributed by atoms with Gasteiger partial charge in [0.15, 0.2) is 0 Å². The van der Waals surface area contributed by atoms with Gasteiger partial charge in [-0.15, -0.1) is 10.2 Å². The lowest BCUT2D eigenvalue weighted by Crippen LogP contribution is -2.06. The normalized spacial score (nSPS) is 10.8. The van der Waals surface area contributed by atoms with Crippen molar-refractivity contribution in [1.82, 2.24) is 15.5 Å². The predicted molar refractivity (Wildman–Crippen MR) is 70.1 cm³/mol. The highest BCUT2D eigenvalue weighted by molar-refractivity contribution is 9.10. The quantitative estimate of drug-likeness (QED) is 0.940. The fraction of sp³-hybridized carbons (Fsp3) is 0.273. The van der Waals surface area contributed by atoms with E-state index in [9.17, 15) is 0 Å². The van der Waals surface area contributed by atoms with Crippen molar-refractivity contribution in [1.29, 1.82) is 0 Å². The molecule has 0 saturated heterocycles. The molecular weight excluding hydrogens is 302 g/mol. The van der Waals surface area contributed by atoms with Crippen LogP contribution in [0.1, 0.15) is 11.5 Å². The minimum Gasteiger partial charge on any atom is -0.416 e. The van der Waals surface area contributed by atoms with E-state index < -0.39 is 0 Å². The molecule has 0 saturated carbocycles. The van der Waals surface area contributed by atoms with Crippen LogP contribution in [0, 0.1) is 6.92 Å². The first-order chi connectivity index (χ1) is 8.19. The standard InChI is InChI=1S/C11H12BrN3OS/c1-7-14-15-11(16-7)17-10-4-3-9(12)5-8(10)6-13-2/h3-5,13H,6H2,1-2H3. The lowest BCUT2D eigenvalue weighted by atomic mass is 10.2. The molecule has 0 aliphatic heterocycles. The van der Waals surface area contributed by atoms with Crippen LogP contribution in [0.15, 0.2) is 37.2 Å². The molecule has 2 aromatic rings. The second-order valence-corrected chi connectivity index (χ2v) is 5.38. The molecular formula is C11H12BrN3OS. The van der Waals surface area contributed by atoms with Crippen LogP contribution in [0.25, 0.3) is 0 Å². The summed E-state index contributed by atoms with van der Waals surface area (Å²) in [5.41, 5.74) is 1.20. The van der Waals surface area contributed by atoms with Crippen molar-refractivity contribution in [3.63, 3.8) is 0 Å². The summed E-state index contributed by atoms with van der Waals surface area (Å²) in [4.78, 5) is 1.12. The smallest absolute Gasteiger partial charge is 0.281 e. The van der Waals surface area contributed by atoms with E-state index in [1.54, 1.807) is 6.92 Å². The Balaban J connectivity index is 2.25. The van der Waals surface area contributed by atoms with Crippen molar-refractivity contribution in [2.24, 2.45) is 0 Å². The molecule has 0 spiro atoms. The van der Waals surface area contributed by atoms with Gasteiger partial charge in [-0.2, -0.15) is 0 Å². The zero-order chi connectivity index (χ0) is 12.3. The van der Waals surface area contributed by atoms with Crippen LogP contribution in [-0.2, 0) is 6.54 Å². The summed E-state index contributed by atoms with van der Waals surface area (Å²) < 4.78 is 6.42. The molecule has 0 fully saturated rings. The number of aryl methyl sites for hydroxylation is 1. The molecule has 1 aromatic heterocycles. The van der Waals surface area contributed by atoms with Crippen molar-refractivity contribution in [2.75, 3.05) is 7.05 Å². The summed E-state index contributed by atoms with van der Waals surface area (Å²) in [7, 11) is 1.92. The Labute approximate surface area is 112 Å². The lowest BCUT2D eigenvalue weighted by Gasteiger charge is -2.07. The SMILES string of the molecule is CNCc1cc(Br)ccc1Sc1nnc(C)o1. The molecule has 1 N–H and O–H groups in total. The number of hydrogen-bond donors (Lipinski definition) is 1. The molecule has 90 valence electrons. The maximum Gasteiger partial charge on any atom is 0.281 e. The molecule has 4 nitrogen and oxygen atoms in total. The average molecular weight is 314 g/mol. The lowest BCUT2D eigenvalue weighted by molar-refractivity contribution is 0.429. The molecule has 0 unspecified atom stereocenters. The highest BCUT2D eigenvalue weighted by atomic mass is 79.9. The van der Waals surface area contributed by atoms with Crippen molar-refractivity contribution < 1.29 is 4.42 Å². The molecule has 2 rings (SSSR count). The zero-order valence-electron chi connectivity index (χ0n) is 9.53. The summed E-state index contributed by atoms with van der Waals surface area (Å²) in [5, 5.41) is 11.5. The van der Waals surface area contributed by atoms with Crippen molar-refractivity contribution in [2.45, 2.75) is 23.6 Å². The van der Waals surface area contributed by atoms with E-state index in [1.807, 2.05) is 19.2 Å². The third-order valence-electron chi connectivity index (χ3n) is 2.09. The second kappa shape index (κ2) is 5.66. The van der Waals surface area contributed by atoms with Crippen molar-refractivity contribution >= 4 is 27.7 Å². The van der Waals surface area contributed by atoms with E-state index in [2.05, 4.69) is 37.5 Å². The molecule has 0 bridgehead atoms. The number of nitrogens with one attached hydrogen (secondary N) is 1. The van der Waals surface area contributed by atoms with Crippen LogP contribution in [0.3, 0.4) is 0 Å². The van der Waals surface area contributed by atoms with Gasteiger partial charge in [-0.3, -0.25) is 0 Å². The Kier molecular flexibility index (Phi) is 4.20. The Morgan fingerprint density at radius 2 is 2.24 bits per heavy atom. The fourth-order valence-corrected chi connectivity index (χ4v) is 2.63. The van der Waals surface area contributed by atoms with Crippen molar-refractivity contribution in [3.05, 3.63) is 34.1 Å². The zero-order valence-corrected chi connectivity index (χ0v) is 11.9. The largest absolute Gasteiger partial charge is 0.416 e. The van der Waals surface area contributed by atoms with Crippen LogP contribution in [0.2, 0.25) is 0 Å². The average Bonchev–Trinajstić information content (AvgIpc) is 2.69. The van der Waals surface area contributed by atoms with Gasteiger partial charge in [-0.05, 0) is 42.6 Å². The first-order valence-corrected chi connectivity index (χ1v) is 6.71. The van der Waals surface area contributed by atoms with Gasteiger partial charge in [0.1, 0.15) is 0 Å². The summed E-state index contributed by atoms with van der Waals surface area (Å²) in [6, 6.07) is 6.13. The topological polar surface area (TPSA) is 51.0 Å². The molecule has 0 amide bonds. The Bertz CT molecular complexity index is 515. The molecule has 0 aliphatic carbocycles. The minimum atomic E-state index is 0.571. The van der Waals surface area contributed by atoms with E-state index in [1.165, 1.54) is 17.3 Å². The number of nitrogens with zero attached hydrogens (tertiary/aromatic N) is 2. The predicted octanol–water partition coefficient (Wildman–Crippen LogP) is 3.01. The monoisotopic (exact) mass is 313 g/mol. The summed E-state index contributed by atoms with van der Waals surface area (Å²) >= 11 is 4.95. The summed E-state index contributed by atoms with van der Waals surface area (Å²) in [6.45, 7) is 2.59. The van der Waals surface area contributed by atoms with Gasteiger partial charge < -0.3 is 9.73 Å². The van der Waals surface area contributed by atoms with Gasteiger partial charge in [0, 0.05) is 22.8 Å². The molecule has 1 heterocycles. The fourth-order valence-electron chi connectivity index (χ4n) is 1.39. The number of hydrogen-bond acceptors (Lipinski definition) is 5. The van der Waals surface area contributed by atoms with Gasteiger partial charge in [-0.1, -0.05) is 15.9 Å². The van der Waals surface area contributed by atoms with Crippen molar-refractivity contribution in [3.8, 4) is 0 Å². The summed E-state index contributed by atoms with van der Waals surface area (Å²) in [6.07, 6.45) is 0. The van der Waals surface area contributed by atoms with Gasteiger partial charge in [-0.25, -0.2) is 0 Å². The number of aromatic nitrogens is 2. The molecule has 17 heavy (non-hydrogen) atoms. The minimum absolute atomic E-state index is 0.571. The van der Waals surface area contributed by atoms with Gasteiger partial charge in [0.25, 0.3) is 5.22 Å². The number of halogens is 1. The van der Waals surface area contributed by atoms with E-state index >= 15 is 0 Å². The Morgan fingerprint density at radius 3 is 2.88 bits per heavy atom. The van der Waals surface area contributed by atoms with Gasteiger partial charge >= 0.3 is 0 Å². The van der Waals surface area contributed by atoms with E-state index in [4.69, 9.17) is 4.42 Å². The van der Waals surface area contributed by atoms with Gasteiger partial charge in [0.2, 0.25) is 5.89 Å². The van der Waals surface area contributed by atoms with E-state index in [-0.39, 0.29) is 0 Å². The highest BCUT2D eigenvalue weighted by Gasteiger charge is 2.09.